The fourth-order valence-corrected chi connectivity index (χ4v) is 4.08. The molecule has 1 fully saturated rings. The molecule has 0 spiro atoms. The molecular formula is C17H27BrN2. The molecule has 1 aromatic rings. The van der Waals surface area contributed by atoms with Crippen LogP contribution in [0.1, 0.15) is 59.1 Å². The molecule has 0 aromatic heterocycles. The van der Waals surface area contributed by atoms with Crippen molar-refractivity contribution in [2.75, 3.05) is 0 Å². The van der Waals surface area contributed by atoms with Crippen LogP contribution < -0.4 is 10.6 Å². The molecule has 1 heterocycles. The van der Waals surface area contributed by atoms with E-state index in [1.807, 2.05) is 0 Å². The van der Waals surface area contributed by atoms with Crippen LogP contribution in [0.25, 0.3) is 0 Å². The Morgan fingerprint density at radius 2 is 1.80 bits per heavy atom. The van der Waals surface area contributed by atoms with Gasteiger partial charge in [-0.05, 0) is 65.2 Å². The molecule has 1 aromatic carbocycles. The maximum absolute atomic E-state index is 3.81. The van der Waals surface area contributed by atoms with Crippen molar-refractivity contribution in [2.24, 2.45) is 0 Å². The van der Waals surface area contributed by atoms with Crippen molar-refractivity contribution in [2.45, 2.75) is 70.6 Å². The van der Waals surface area contributed by atoms with Crippen LogP contribution in [0.5, 0.6) is 0 Å². The lowest BCUT2D eigenvalue weighted by atomic mass is 9.79. The molecule has 20 heavy (non-hydrogen) atoms. The molecule has 1 unspecified atom stereocenters. The van der Waals surface area contributed by atoms with Crippen LogP contribution in [0.2, 0.25) is 0 Å². The summed E-state index contributed by atoms with van der Waals surface area (Å²) in [6.45, 7) is 11.4. The van der Waals surface area contributed by atoms with Crippen LogP contribution in [-0.4, -0.2) is 17.1 Å². The summed E-state index contributed by atoms with van der Waals surface area (Å²) < 4.78 is 1.15. The molecule has 2 nitrogen and oxygen atoms in total. The van der Waals surface area contributed by atoms with Gasteiger partial charge in [-0.1, -0.05) is 28.1 Å². The van der Waals surface area contributed by atoms with Gasteiger partial charge in [0.15, 0.2) is 0 Å². The molecule has 1 saturated heterocycles. The van der Waals surface area contributed by atoms with Gasteiger partial charge in [-0.3, -0.25) is 0 Å². The highest BCUT2D eigenvalue weighted by molar-refractivity contribution is 9.10. The molecule has 112 valence electrons. The van der Waals surface area contributed by atoms with Crippen LogP contribution in [0.15, 0.2) is 28.7 Å². The Labute approximate surface area is 131 Å². The maximum atomic E-state index is 3.81. The highest BCUT2D eigenvalue weighted by atomic mass is 79.9. The average molecular weight is 339 g/mol. The Kier molecular flexibility index (Phi) is 4.63. The third-order valence-electron chi connectivity index (χ3n) is 4.02. The summed E-state index contributed by atoms with van der Waals surface area (Å²) in [5.41, 5.74) is 1.72. The Bertz CT molecular complexity index is 452. The van der Waals surface area contributed by atoms with E-state index in [1.54, 1.807) is 0 Å². The smallest absolute Gasteiger partial charge is 0.0294 e. The molecular weight excluding hydrogens is 312 g/mol. The molecule has 0 bridgehead atoms. The van der Waals surface area contributed by atoms with E-state index in [4.69, 9.17) is 0 Å². The Morgan fingerprint density at radius 3 is 2.35 bits per heavy atom. The summed E-state index contributed by atoms with van der Waals surface area (Å²) in [4.78, 5) is 0. The van der Waals surface area contributed by atoms with E-state index in [0.717, 1.165) is 17.3 Å². The highest BCUT2D eigenvalue weighted by Gasteiger charge is 2.37. The molecule has 2 N–H and O–H groups in total. The first-order chi connectivity index (χ1) is 9.17. The first-order valence-electron chi connectivity index (χ1n) is 7.48. The SMILES string of the molecule is CC(NC1CC(C)(C)NC(C)(C)C1)c1cccc(Br)c1. The second-order valence-electron chi connectivity index (χ2n) is 7.44. The Morgan fingerprint density at radius 1 is 1.20 bits per heavy atom. The fraction of sp³-hybridized carbons (Fsp3) is 0.647. The summed E-state index contributed by atoms with van der Waals surface area (Å²) in [5.74, 6) is 0. The Hall–Kier alpha value is -0.380. The van der Waals surface area contributed by atoms with E-state index in [9.17, 15) is 0 Å². The van der Waals surface area contributed by atoms with E-state index in [0.29, 0.717) is 12.1 Å². The zero-order chi connectivity index (χ0) is 15.0. The second kappa shape index (κ2) is 5.78. The minimum Gasteiger partial charge on any atom is -0.307 e. The number of piperidine rings is 1. The first-order valence-corrected chi connectivity index (χ1v) is 8.27. The van der Waals surface area contributed by atoms with Gasteiger partial charge in [0.25, 0.3) is 0 Å². The average Bonchev–Trinajstić information content (AvgIpc) is 2.24. The summed E-state index contributed by atoms with van der Waals surface area (Å²) in [5, 5.41) is 7.55. The molecule has 0 saturated carbocycles. The lowest BCUT2D eigenvalue weighted by Gasteiger charge is -2.47. The van der Waals surface area contributed by atoms with Crippen LogP contribution in [0.3, 0.4) is 0 Å². The van der Waals surface area contributed by atoms with E-state index >= 15 is 0 Å². The van der Waals surface area contributed by atoms with Gasteiger partial charge in [-0.25, -0.2) is 0 Å². The number of hydrogen-bond donors (Lipinski definition) is 2. The minimum atomic E-state index is 0.191. The van der Waals surface area contributed by atoms with Gasteiger partial charge in [0.1, 0.15) is 0 Å². The van der Waals surface area contributed by atoms with Gasteiger partial charge in [0, 0.05) is 27.6 Å². The van der Waals surface area contributed by atoms with Crippen molar-refractivity contribution in [1.29, 1.82) is 0 Å². The number of nitrogens with one attached hydrogen (secondary N) is 2. The summed E-state index contributed by atoms with van der Waals surface area (Å²) in [6.07, 6.45) is 2.32. The van der Waals surface area contributed by atoms with Crippen LogP contribution in [0.4, 0.5) is 0 Å². The summed E-state index contributed by atoms with van der Waals surface area (Å²) >= 11 is 3.55. The third-order valence-corrected chi connectivity index (χ3v) is 4.52. The maximum Gasteiger partial charge on any atom is 0.0294 e. The fourth-order valence-electron chi connectivity index (χ4n) is 3.67. The summed E-state index contributed by atoms with van der Waals surface area (Å²) in [7, 11) is 0. The van der Waals surface area contributed by atoms with E-state index in [-0.39, 0.29) is 11.1 Å². The lowest BCUT2D eigenvalue weighted by Crippen LogP contribution is -2.61. The standard InChI is InChI=1S/C17H27BrN2/c1-12(13-7-6-8-14(18)9-13)19-15-10-16(2,3)20-17(4,5)11-15/h6-9,12,15,19-20H,10-11H2,1-5H3. The van der Waals surface area contributed by atoms with E-state index in [1.165, 1.54) is 5.56 Å². The van der Waals surface area contributed by atoms with Gasteiger partial charge in [-0.2, -0.15) is 0 Å². The third kappa shape index (κ3) is 4.31. The van der Waals surface area contributed by atoms with Crippen molar-refractivity contribution in [3.05, 3.63) is 34.3 Å². The summed E-state index contributed by atoms with van der Waals surface area (Å²) in [6, 6.07) is 9.51. The quantitative estimate of drug-likeness (QED) is 0.852. The topological polar surface area (TPSA) is 24.1 Å². The van der Waals surface area contributed by atoms with Gasteiger partial charge < -0.3 is 10.6 Å². The second-order valence-corrected chi connectivity index (χ2v) is 8.36. The normalized spacial score (nSPS) is 23.5. The van der Waals surface area contributed by atoms with Crippen molar-refractivity contribution in [3.8, 4) is 0 Å². The molecule has 2 rings (SSSR count). The van der Waals surface area contributed by atoms with Crippen LogP contribution in [-0.2, 0) is 0 Å². The first kappa shape index (κ1) is 16.0. The van der Waals surface area contributed by atoms with Gasteiger partial charge >= 0.3 is 0 Å². The predicted octanol–water partition coefficient (Wildman–Crippen LogP) is 4.41. The molecule has 0 aliphatic carbocycles. The van der Waals surface area contributed by atoms with Crippen molar-refractivity contribution in [3.63, 3.8) is 0 Å². The largest absolute Gasteiger partial charge is 0.307 e. The number of benzene rings is 1. The van der Waals surface area contributed by atoms with E-state index < -0.39 is 0 Å². The highest BCUT2D eigenvalue weighted by Crippen LogP contribution is 2.30. The van der Waals surface area contributed by atoms with Crippen molar-refractivity contribution in [1.82, 2.24) is 10.6 Å². The Balaban J connectivity index is 2.05. The minimum absolute atomic E-state index is 0.191. The predicted molar refractivity (Wildman–Crippen MR) is 90.0 cm³/mol. The molecule has 0 radical (unpaired) electrons. The zero-order valence-electron chi connectivity index (χ0n) is 13.3. The zero-order valence-corrected chi connectivity index (χ0v) is 14.8. The van der Waals surface area contributed by atoms with Crippen molar-refractivity contribution >= 4 is 15.9 Å². The van der Waals surface area contributed by atoms with E-state index in [2.05, 4.69) is 85.4 Å². The number of hydrogen-bond acceptors (Lipinski definition) is 2. The van der Waals surface area contributed by atoms with Crippen molar-refractivity contribution < 1.29 is 0 Å². The lowest BCUT2D eigenvalue weighted by molar-refractivity contribution is 0.141. The number of rotatable bonds is 3. The van der Waals surface area contributed by atoms with Gasteiger partial charge in [-0.15, -0.1) is 0 Å². The molecule has 1 aliphatic rings. The monoisotopic (exact) mass is 338 g/mol. The number of halogens is 1. The van der Waals surface area contributed by atoms with Gasteiger partial charge in [0.05, 0.1) is 0 Å². The van der Waals surface area contributed by atoms with Crippen LogP contribution >= 0.6 is 15.9 Å². The molecule has 3 heteroatoms. The molecule has 0 amide bonds. The van der Waals surface area contributed by atoms with Crippen LogP contribution in [0, 0.1) is 0 Å². The molecule has 1 atom stereocenters. The molecule has 1 aliphatic heterocycles. The van der Waals surface area contributed by atoms with Gasteiger partial charge in [0.2, 0.25) is 0 Å².